The zero-order valence-corrected chi connectivity index (χ0v) is 27.0. The van der Waals surface area contributed by atoms with Gasteiger partial charge in [-0.05, 0) is 72.0 Å². The summed E-state index contributed by atoms with van der Waals surface area (Å²) in [5.41, 5.74) is 1.87. The highest BCUT2D eigenvalue weighted by molar-refractivity contribution is 9.11. The van der Waals surface area contributed by atoms with Crippen molar-refractivity contribution in [1.82, 2.24) is 0 Å². The van der Waals surface area contributed by atoms with Crippen LogP contribution in [0.15, 0.2) is 19.5 Å². The van der Waals surface area contributed by atoms with E-state index in [4.69, 9.17) is 28.4 Å². The van der Waals surface area contributed by atoms with Crippen molar-refractivity contribution in [1.29, 1.82) is 0 Å². The number of fused-ring (bicyclic) bond motifs is 1. The third-order valence-electron chi connectivity index (χ3n) is 6.74. The van der Waals surface area contributed by atoms with Crippen molar-refractivity contribution in [3.05, 3.63) is 30.6 Å². The molecule has 6 nitrogen and oxygen atoms in total. The standard InChI is InChI=1S/C27H35Br3O6/c1-12(2)10-14-17(13(3)4)23(19-15(31-5)11-16(32-6)20(28)25(19)34-8)36-26-18(14)24(33-7)21(29)27(35-9)22(26)30/h11-14,17,23H,10H2,1-9H3/t14-,17-,23+/m0/s1. The van der Waals surface area contributed by atoms with Crippen LogP contribution in [-0.2, 0) is 0 Å². The Kier molecular flexibility index (Phi) is 9.77. The summed E-state index contributed by atoms with van der Waals surface area (Å²) in [7, 11) is 8.23. The van der Waals surface area contributed by atoms with Crippen molar-refractivity contribution in [3.8, 4) is 34.5 Å². The van der Waals surface area contributed by atoms with E-state index < -0.39 is 0 Å². The molecule has 0 bridgehead atoms. The molecular formula is C27H35Br3O6. The second kappa shape index (κ2) is 12.0. The smallest absolute Gasteiger partial charge is 0.154 e. The van der Waals surface area contributed by atoms with Crippen LogP contribution in [0, 0.1) is 17.8 Å². The summed E-state index contributed by atoms with van der Waals surface area (Å²) in [4.78, 5) is 0. The van der Waals surface area contributed by atoms with Gasteiger partial charge in [0.1, 0.15) is 48.3 Å². The van der Waals surface area contributed by atoms with Gasteiger partial charge in [-0.3, -0.25) is 0 Å². The maximum atomic E-state index is 6.94. The Balaban J connectivity index is 2.44. The summed E-state index contributed by atoms with van der Waals surface area (Å²) < 4.78 is 38.2. The molecule has 0 saturated carbocycles. The molecule has 0 unspecified atom stereocenters. The Bertz CT molecular complexity index is 1100. The van der Waals surface area contributed by atoms with Gasteiger partial charge in [0.25, 0.3) is 0 Å². The zero-order valence-electron chi connectivity index (χ0n) is 22.3. The van der Waals surface area contributed by atoms with Gasteiger partial charge in [0.05, 0.1) is 41.1 Å². The first-order valence-corrected chi connectivity index (χ1v) is 14.2. The molecule has 2 aromatic carbocycles. The molecule has 3 rings (SSSR count). The van der Waals surface area contributed by atoms with E-state index in [1.165, 1.54) is 0 Å². The van der Waals surface area contributed by atoms with E-state index in [0.29, 0.717) is 39.1 Å². The molecule has 0 aliphatic carbocycles. The van der Waals surface area contributed by atoms with Gasteiger partial charge in [-0.25, -0.2) is 0 Å². The number of benzene rings is 2. The number of rotatable bonds is 9. The van der Waals surface area contributed by atoms with Crippen LogP contribution in [0.4, 0.5) is 0 Å². The van der Waals surface area contributed by atoms with Gasteiger partial charge in [0.2, 0.25) is 0 Å². The van der Waals surface area contributed by atoms with Crippen molar-refractivity contribution in [2.75, 3.05) is 35.5 Å². The van der Waals surface area contributed by atoms with E-state index in [2.05, 4.69) is 75.5 Å². The molecule has 0 N–H and O–H groups in total. The highest BCUT2D eigenvalue weighted by Crippen LogP contribution is 2.62. The first-order chi connectivity index (χ1) is 17.1. The molecule has 9 heteroatoms. The molecular weight excluding hydrogens is 660 g/mol. The SMILES string of the molecule is COc1cc(OC)c([C@@H]2Oc3c(Br)c(OC)c(Br)c(OC)c3[C@@H](CC(C)C)[C@@H]2C(C)C)c(OC)c1Br. The monoisotopic (exact) mass is 692 g/mol. The molecule has 1 aliphatic rings. The summed E-state index contributed by atoms with van der Waals surface area (Å²) >= 11 is 11.2. The quantitative estimate of drug-likeness (QED) is 0.262. The first kappa shape index (κ1) is 29.2. The summed E-state index contributed by atoms with van der Waals surface area (Å²) in [5.74, 6) is 4.87. The lowest BCUT2D eigenvalue weighted by molar-refractivity contribution is 0.0497. The third kappa shape index (κ3) is 5.04. The Labute approximate surface area is 239 Å². The molecule has 0 spiro atoms. The molecule has 1 aliphatic heterocycles. The molecule has 0 fully saturated rings. The van der Waals surface area contributed by atoms with Crippen molar-refractivity contribution < 1.29 is 28.4 Å². The predicted molar refractivity (Wildman–Crippen MR) is 153 cm³/mol. The topological polar surface area (TPSA) is 55.4 Å². The Morgan fingerprint density at radius 2 is 1.28 bits per heavy atom. The highest BCUT2D eigenvalue weighted by Gasteiger charge is 2.47. The van der Waals surface area contributed by atoms with Crippen LogP contribution in [-0.4, -0.2) is 35.5 Å². The first-order valence-electron chi connectivity index (χ1n) is 11.8. The van der Waals surface area contributed by atoms with Gasteiger partial charge in [-0.1, -0.05) is 27.7 Å². The number of methoxy groups -OCH3 is 5. The van der Waals surface area contributed by atoms with E-state index in [0.717, 1.165) is 32.2 Å². The van der Waals surface area contributed by atoms with Crippen LogP contribution < -0.4 is 28.4 Å². The lowest BCUT2D eigenvalue weighted by Gasteiger charge is -2.44. The third-order valence-corrected chi connectivity index (χ3v) is 8.93. The Morgan fingerprint density at radius 3 is 1.75 bits per heavy atom. The fraction of sp³-hybridized carbons (Fsp3) is 0.556. The van der Waals surface area contributed by atoms with Crippen molar-refractivity contribution >= 4 is 47.8 Å². The fourth-order valence-corrected chi connectivity index (χ4v) is 7.64. The summed E-state index contributed by atoms with van der Waals surface area (Å²) in [6.07, 6.45) is 0.569. The largest absolute Gasteiger partial charge is 0.496 e. The summed E-state index contributed by atoms with van der Waals surface area (Å²) in [5, 5.41) is 0. The molecule has 0 radical (unpaired) electrons. The Hall–Kier alpha value is -1.32. The molecule has 0 aromatic heterocycles. The fourth-order valence-electron chi connectivity index (χ4n) is 5.32. The van der Waals surface area contributed by atoms with Crippen LogP contribution in [0.2, 0.25) is 0 Å². The van der Waals surface area contributed by atoms with E-state index in [9.17, 15) is 0 Å². The number of hydrogen-bond donors (Lipinski definition) is 0. The van der Waals surface area contributed by atoms with Crippen LogP contribution >= 0.6 is 47.8 Å². The zero-order chi connectivity index (χ0) is 26.9. The number of halogens is 3. The highest BCUT2D eigenvalue weighted by atomic mass is 79.9. The van der Waals surface area contributed by atoms with Crippen LogP contribution in [0.5, 0.6) is 34.5 Å². The molecule has 2 aromatic rings. The molecule has 36 heavy (non-hydrogen) atoms. The molecule has 0 amide bonds. The minimum Gasteiger partial charge on any atom is -0.496 e. The van der Waals surface area contributed by atoms with Crippen LogP contribution in [0.25, 0.3) is 0 Å². The normalized spacial score (nSPS) is 19.1. The van der Waals surface area contributed by atoms with Crippen LogP contribution in [0.3, 0.4) is 0 Å². The number of hydrogen-bond acceptors (Lipinski definition) is 6. The van der Waals surface area contributed by atoms with E-state index in [1.807, 2.05) is 6.07 Å². The van der Waals surface area contributed by atoms with Crippen molar-refractivity contribution in [2.24, 2.45) is 17.8 Å². The lowest BCUT2D eigenvalue weighted by atomic mass is 9.69. The summed E-state index contributed by atoms with van der Waals surface area (Å²) in [6, 6.07) is 1.87. The van der Waals surface area contributed by atoms with Gasteiger partial charge in [-0.2, -0.15) is 0 Å². The van der Waals surface area contributed by atoms with Gasteiger partial charge in [0.15, 0.2) is 5.75 Å². The maximum absolute atomic E-state index is 6.94. The minimum atomic E-state index is -0.375. The minimum absolute atomic E-state index is 0.0871. The Morgan fingerprint density at radius 1 is 0.722 bits per heavy atom. The van der Waals surface area contributed by atoms with E-state index in [-0.39, 0.29) is 23.9 Å². The average Bonchev–Trinajstić information content (AvgIpc) is 2.83. The second-order valence-electron chi connectivity index (χ2n) is 9.58. The van der Waals surface area contributed by atoms with Gasteiger partial charge >= 0.3 is 0 Å². The summed E-state index contributed by atoms with van der Waals surface area (Å²) in [6.45, 7) is 8.95. The number of ether oxygens (including phenoxy) is 6. The van der Waals surface area contributed by atoms with Gasteiger partial charge < -0.3 is 28.4 Å². The van der Waals surface area contributed by atoms with Crippen LogP contribution in [0.1, 0.15) is 57.3 Å². The average molecular weight is 695 g/mol. The predicted octanol–water partition coefficient (Wildman–Crippen LogP) is 8.55. The molecule has 3 atom stereocenters. The van der Waals surface area contributed by atoms with Gasteiger partial charge in [-0.15, -0.1) is 0 Å². The van der Waals surface area contributed by atoms with Gasteiger partial charge in [0, 0.05) is 17.5 Å². The van der Waals surface area contributed by atoms with Crippen molar-refractivity contribution in [3.63, 3.8) is 0 Å². The van der Waals surface area contributed by atoms with E-state index in [1.54, 1.807) is 35.5 Å². The second-order valence-corrected chi connectivity index (χ2v) is 12.0. The molecule has 200 valence electrons. The maximum Gasteiger partial charge on any atom is 0.154 e. The van der Waals surface area contributed by atoms with Crippen molar-refractivity contribution in [2.45, 2.75) is 46.1 Å². The lowest BCUT2D eigenvalue weighted by Crippen LogP contribution is -2.35. The van der Waals surface area contributed by atoms with E-state index >= 15 is 0 Å². The molecule has 0 saturated heterocycles. The molecule has 1 heterocycles.